The molecule has 5 N–H and O–H groups in total. The first-order valence-electron chi connectivity index (χ1n) is 17.7. The van der Waals surface area contributed by atoms with Gasteiger partial charge in [0.25, 0.3) is 0 Å². The Balaban J connectivity index is 0.789. The number of amides is 1. The van der Waals surface area contributed by atoms with Gasteiger partial charge in [-0.1, -0.05) is 66.7 Å². The Morgan fingerprint density at radius 2 is 1.65 bits per heavy atom. The number of hydrogen-bond acceptors (Lipinski definition) is 8. The second kappa shape index (κ2) is 15.8. The van der Waals surface area contributed by atoms with E-state index in [0.717, 1.165) is 67.0 Å². The molecule has 0 spiro atoms. The van der Waals surface area contributed by atoms with E-state index in [9.17, 15) is 19.8 Å². The number of carbonyl (C=O) groups is 1. The summed E-state index contributed by atoms with van der Waals surface area (Å²) in [5.74, 6) is 1.87. The van der Waals surface area contributed by atoms with Crippen LogP contribution in [0.2, 0.25) is 0 Å². The number of aromatic hydroxyl groups is 1. The Kier molecular flexibility index (Phi) is 10.6. The molecule has 10 nitrogen and oxygen atoms in total. The van der Waals surface area contributed by atoms with E-state index in [0.29, 0.717) is 48.0 Å². The van der Waals surface area contributed by atoms with Crippen LogP contribution in [0.5, 0.6) is 11.5 Å². The predicted octanol–water partition coefficient (Wildman–Crippen LogP) is 6.10. The average Bonchev–Trinajstić information content (AvgIpc) is 3.69. The molecule has 4 aromatic carbocycles. The molecular formula is C41H44N4O6. The van der Waals surface area contributed by atoms with Crippen LogP contribution in [0.15, 0.2) is 108 Å². The summed E-state index contributed by atoms with van der Waals surface area (Å²) in [7, 11) is 0. The number of aromatic nitrogens is 1. The van der Waals surface area contributed by atoms with Crippen molar-refractivity contribution in [1.29, 1.82) is 0 Å². The molecule has 1 aliphatic heterocycles. The minimum atomic E-state index is -0.791. The van der Waals surface area contributed by atoms with E-state index in [1.165, 1.54) is 12.1 Å². The number of para-hydroxylation sites is 1. The maximum Gasteiger partial charge on any atom is 0.411 e. The molecule has 1 saturated carbocycles. The Morgan fingerprint density at radius 3 is 2.43 bits per heavy atom. The number of fused-ring (bicyclic) bond motifs is 2. The lowest BCUT2D eigenvalue weighted by atomic mass is 10.0. The number of aliphatic hydroxyl groups is 1. The van der Waals surface area contributed by atoms with Crippen LogP contribution in [0.4, 0.5) is 10.5 Å². The number of carbonyl (C=O) groups excluding carboxylic acids is 1. The summed E-state index contributed by atoms with van der Waals surface area (Å²) in [5, 5.41) is 27.7. The third kappa shape index (κ3) is 8.42. The van der Waals surface area contributed by atoms with E-state index in [2.05, 4.69) is 32.7 Å². The van der Waals surface area contributed by atoms with Gasteiger partial charge in [0.1, 0.15) is 24.2 Å². The molecule has 1 aromatic heterocycles. The average molecular weight is 689 g/mol. The monoisotopic (exact) mass is 688 g/mol. The number of nitrogens with one attached hydrogen (secondary N) is 3. The van der Waals surface area contributed by atoms with Gasteiger partial charge in [0, 0.05) is 43.2 Å². The van der Waals surface area contributed by atoms with Crippen molar-refractivity contribution in [2.45, 2.75) is 31.5 Å². The van der Waals surface area contributed by atoms with E-state index < -0.39 is 12.2 Å². The van der Waals surface area contributed by atoms with Crippen LogP contribution in [-0.2, 0) is 11.2 Å². The van der Waals surface area contributed by atoms with E-state index in [-0.39, 0.29) is 17.4 Å². The Morgan fingerprint density at radius 1 is 0.902 bits per heavy atom. The molecule has 2 heterocycles. The minimum absolute atomic E-state index is 0.0250. The summed E-state index contributed by atoms with van der Waals surface area (Å²) in [4.78, 5) is 29.6. The van der Waals surface area contributed by atoms with Gasteiger partial charge < -0.3 is 30.0 Å². The number of likely N-dealkylation sites (tertiary alicyclic amines) is 1. The van der Waals surface area contributed by atoms with Gasteiger partial charge in [0.05, 0.1) is 17.3 Å². The van der Waals surface area contributed by atoms with Gasteiger partial charge in [-0.25, -0.2) is 4.79 Å². The molecule has 4 atom stereocenters. The number of nitrogens with zero attached hydrogens (tertiary/aromatic N) is 1. The summed E-state index contributed by atoms with van der Waals surface area (Å²) in [6, 6.07) is 32.1. The minimum Gasteiger partial charge on any atom is -0.506 e. The van der Waals surface area contributed by atoms with Gasteiger partial charge in [-0.3, -0.25) is 15.0 Å². The molecule has 2 fully saturated rings. The van der Waals surface area contributed by atoms with Gasteiger partial charge in [0.15, 0.2) is 0 Å². The number of anilines is 1. The highest BCUT2D eigenvalue weighted by Crippen LogP contribution is 2.39. The smallest absolute Gasteiger partial charge is 0.411 e. The zero-order valence-electron chi connectivity index (χ0n) is 28.5. The van der Waals surface area contributed by atoms with Crippen molar-refractivity contribution in [3.05, 3.63) is 125 Å². The van der Waals surface area contributed by atoms with Crippen LogP contribution >= 0.6 is 0 Å². The molecule has 0 unspecified atom stereocenters. The van der Waals surface area contributed by atoms with E-state index in [4.69, 9.17) is 9.47 Å². The molecule has 51 heavy (non-hydrogen) atoms. The van der Waals surface area contributed by atoms with Crippen LogP contribution in [0.3, 0.4) is 0 Å². The largest absolute Gasteiger partial charge is 0.506 e. The third-order valence-electron chi connectivity index (χ3n) is 10.1. The summed E-state index contributed by atoms with van der Waals surface area (Å²) < 4.78 is 11.9. The first-order valence-corrected chi connectivity index (χ1v) is 17.7. The molecule has 0 radical (unpaired) electrons. The lowest BCUT2D eigenvalue weighted by molar-refractivity contribution is 0.105. The zero-order chi connectivity index (χ0) is 35.2. The maximum absolute atomic E-state index is 12.8. The summed E-state index contributed by atoms with van der Waals surface area (Å²) in [6.45, 7) is 4.48. The summed E-state index contributed by atoms with van der Waals surface area (Å²) in [5.41, 5.74) is 4.59. The molecule has 1 aliphatic carbocycles. The highest BCUT2D eigenvalue weighted by molar-refractivity contribution is 5.91. The summed E-state index contributed by atoms with van der Waals surface area (Å²) >= 11 is 0. The van der Waals surface area contributed by atoms with Crippen LogP contribution in [0, 0.1) is 11.8 Å². The van der Waals surface area contributed by atoms with Gasteiger partial charge in [-0.05, 0) is 84.7 Å². The van der Waals surface area contributed by atoms with Crippen molar-refractivity contribution in [3.8, 4) is 22.6 Å². The topological polar surface area (TPSA) is 136 Å². The van der Waals surface area contributed by atoms with E-state index in [1.807, 2.05) is 66.7 Å². The number of hydrogen-bond donors (Lipinski definition) is 5. The Bertz CT molecular complexity index is 1990. The molecule has 10 heteroatoms. The molecular weight excluding hydrogens is 644 g/mol. The predicted molar refractivity (Wildman–Crippen MR) is 198 cm³/mol. The fourth-order valence-corrected chi connectivity index (χ4v) is 7.55. The van der Waals surface area contributed by atoms with Gasteiger partial charge >= 0.3 is 6.09 Å². The van der Waals surface area contributed by atoms with E-state index >= 15 is 0 Å². The zero-order valence-corrected chi connectivity index (χ0v) is 28.5. The molecule has 1 saturated heterocycles. The molecule has 5 aromatic rings. The van der Waals surface area contributed by atoms with Crippen molar-refractivity contribution >= 4 is 22.7 Å². The lowest BCUT2D eigenvalue weighted by Crippen LogP contribution is -2.29. The second-order valence-electron chi connectivity index (χ2n) is 13.6. The number of phenols is 1. The number of aliphatic hydroxyl groups excluding tert-OH is 1. The first kappa shape index (κ1) is 34.3. The summed E-state index contributed by atoms with van der Waals surface area (Å²) in [6.07, 6.45) is 1.32. The van der Waals surface area contributed by atoms with Gasteiger partial charge in [-0.15, -0.1) is 0 Å². The quantitative estimate of drug-likeness (QED) is 0.0937. The third-order valence-corrected chi connectivity index (χ3v) is 10.1. The fourth-order valence-electron chi connectivity index (χ4n) is 7.55. The van der Waals surface area contributed by atoms with Gasteiger partial charge in [0.2, 0.25) is 5.56 Å². The van der Waals surface area contributed by atoms with Crippen molar-refractivity contribution in [1.82, 2.24) is 15.2 Å². The SMILES string of the molecule is O=C(Nc1ccccc1-c1ccccc1)O[C@H]1C[C@@H]2CN(CCOc3ccc(CCNC[C@H](O)c4ccc(O)c5[nH]c(=O)ccc45)cc3)C[C@@H]2C1. The fraction of sp³-hybridized carbons (Fsp3) is 0.317. The number of ether oxygens (including phenoxy) is 2. The van der Waals surface area contributed by atoms with Crippen molar-refractivity contribution in [3.63, 3.8) is 0 Å². The van der Waals surface area contributed by atoms with Crippen LogP contribution in [0.25, 0.3) is 22.0 Å². The number of pyridine rings is 1. The van der Waals surface area contributed by atoms with E-state index in [1.54, 1.807) is 12.1 Å². The maximum atomic E-state index is 12.8. The van der Waals surface area contributed by atoms with Crippen molar-refractivity contribution < 1.29 is 24.5 Å². The second-order valence-corrected chi connectivity index (χ2v) is 13.6. The number of benzene rings is 4. The highest BCUT2D eigenvalue weighted by Gasteiger charge is 2.42. The van der Waals surface area contributed by atoms with Crippen molar-refractivity contribution in [2.75, 3.05) is 44.6 Å². The van der Waals surface area contributed by atoms with Crippen LogP contribution in [0.1, 0.15) is 30.1 Å². The van der Waals surface area contributed by atoms with Crippen LogP contribution in [-0.4, -0.2) is 71.6 Å². The highest BCUT2D eigenvalue weighted by atomic mass is 16.6. The van der Waals surface area contributed by atoms with Crippen molar-refractivity contribution in [2.24, 2.45) is 11.8 Å². The molecule has 0 bridgehead atoms. The van der Waals surface area contributed by atoms with Crippen LogP contribution < -0.4 is 20.9 Å². The number of H-pyrrole nitrogens is 1. The molecule has 264 valence electrons. The number of aromatic amines is 1. The standard InChI is InChI=1S/C41H44N4O6/c46-37-16-14-34(35-15-17-39(48)44-40(35)37)38(47)24-42-19-18-27-10-12-31(13-11-27)50-21-20-45-25-29-22-32(23-30(29)26-45)51-41(49)43-36-9-5-4-8-33(36)28-6-2-1-3-7-28/h1-17,29-30,32,38,42,46-47H,18-26H2,(H,43,49)(H,44,48)/t29-,30+,32+,38-/m0/s1. The first-order chi connectivity index (χ1) is 24.9. The lowest BCUT2D eigenvalue weighted by Gasteiger charge is -2.20. The molecule has 2 aliphatic rings. The number of phenolic OH excluding ortho intramolecular Hbond substituents is 1. The number of rotatable bonds is 13. The van der Waals surface area contributed by atoms with Gasteiger partial charge in [-0.2, -0.15) is 0 Å². The molecule has 1 amide bonds. The Hall–Kier alpha value is -5.16. The normalized spacial score (nSPS) is 19.1. The molecule has 7 rings (SSSR count). The Labute approximate surface area is 297 Å².